The average molecular weight is 2090 g/mol. The second-order valence-electron chi connectivity index (χ2n) is 23.5. The number of carbonyl (C=O) groups is 6. The number of hydrogen-bond donors (Lipinski definition) is 20. The monoisotopic (exact) mass is 2090 g/mol. The number of carboxylic acids is 3. The van der Waals surface area contributed by atoms with Crippen LogP contribution in [0, 0.1) is 0 Å². The van der Waals surface area contributed by atoms with E-state index in [0.29, 0.717) is 4.57 Å². The van der Waals surface area contributed by atoms with E-state index in [2.05, 4.69) is 43.1 Å². The number of imidazole rings is 6. The Bertz CT molecular complexity index is 4430. The fourth-order valence-corrected chi connectivity index (χ4v) is 15.1. The van der Waals surface area contributed by atoms with Gasteiger partial charge in [-0.15, -0.1) is 11.6 Å². The van der Waals surface area contributed by atoms with Gasteiger partial charge in [0, 0.05) is 12.4 Å². The van der Waals surface area contributed by atoms with Crippen LogP contribution in [0.3, 0.4) is 0 Å². The summed E-state index contributed by atoms with van der Waals surface area (Å²) in [5.74, 6) is -6.43. The van der Waals surface area contributed by atoms with E-state index in [9.17, 15) is 105 Å². The van der Waals surface area contributed by atoms with Crippen LogP contribution in [0.2, 0.25) is 19.6 Å². The van der Waals surface area contributed by atoms with Crippen LogP contribution in [-0.2, 0) is 150 Å². The van der Waals surface area contributed by atoms with Gasteiger partial charge in [-0.05, 0) is 14.5 Å². The number of hydrogen-bond acceptors (Lipinski definition) is 31. The summed E-state index contributed by atoms with van der Waals surface area (Å²) in [6, 6.07) is 0. The molecule has 6 rings (SSSR count). The first-order valence-electron chi connectivity index (χ1n) is 29.6. The standard InChI is InChI=1S/C9H13N2O4.C8H17N2O11P3.C7H15N2O11P3.C7H12N2O9P2.C7H8N2O4.C6H12N2Si.C3H5ClO2.2CH4.4ClH.Na.HO3P.2H2O/c1-14-8(12)5-10-3-4-11(7-10)6-9(13)15-2;1-7(11,22(13,14)15)4-9-2-3-10(6-9)5-8(12,23(16,17)18)24(19,20)21;10-6(21(12,13)14)3-8-1-2-9(5-8)4-7(11,22(15,16)17)23(18,19)20;10-6(11)3-8-1-2-9(5-8)4-7(12,19(13,14)15)20(16,17)18;10-6(11)3-8-1-2-9(5-8)4-7(12)13;1-9(2,3)8-5-4-7-6-8;1-6-3(5)2-4;;;;;;;;1-4(2)3;;/h3-4,7H,5-6H2,1-2H3;2-3,6,11-12H,4-5H2,1H3,(H5-,13,14,15,16,17,18,19,20,21);1-2,5-6,10-11H,3-4H2,(H5-,12,13,14,15,16,17,18,19,20);1-2,5,12H,3-4H2,(H4-,10,11,13,14,15,16,17,18);1-2,5H,3-4H2,(H-,10,11,12,13);4-6H,1-3H3;2H2,1H3;2*1H4;4*1H;;(H,1,2,3);2*1H2/q+1;;;;;;;;;;;;;+1;;;/p-6. The molecule has 58 nitrogen and oxygen atoms in total. The van der Waals surface area contributed by atoms with Crippen molar-refractivity contribution in [3.63, 3.8) is 0 Å². The van der Waals surface area contributed by atoms with Crippen molar-refractivity contribution in [2.24, 2.45) is 0 Å². The Kier molecular flexibility index (Phi) is 68.9. The minimum atomic E-state index is -6.20. The van der Waals surface area contributed by atoms with E-state index in [1.807, 2.05) is 18.7 Å². The molecular formula is C49H93Cl5N12NaO46P9Si-4. The molecule has 23 N–H and O–H groups in total. The molecular weight excluding hydrogens is 2000 g/mol. The van der Waals surface area contributed by atoms with Crippen LogP contribution in [0.1, 0.15) is 21.8 Å². The van der Waals surface area contributed by atoms with E-state index in [1.54, 1.807) is 27.9 Å². The smallest absolute Gasteiger partial charge is 1.00 e. The molecule has 74 heteroatoms. The summed E-state index contributed by atoms with van der Waals surface area (Å²) >= 11 is 4.98. The Morgan fingerprint density at radius 3 is 1.08 bits per heavy atom. The molecule has 5 unspecified atom stereocenters. The minimum absolute atomic E-state index is 0. The minimum Gasteiger partial charge on any atom is -1.00 e. The van der Waals surface area contributed by atoms with Crippen LogP contribution in [0.5, 0.6) is 0 Å². The van der Waals surface area contributed by atoms with Crippen LogP contribution < -0.4 is 131 Å². The number of rotatable bonds is 30. The molecule has 0 spiro atoms. The number of aromatic nitrogens is 12. The predicted molar refractivity (Wildman–Crippen MR) is 379 cm³/mol. The quantitative estimate of drug-likeness (QED) is 0.00497. The normalized spacial score (nSPS) is 13.3. The van der Waals surface area contributed by atoms with Gasteiger partial charge < -0.3 is 222 Å². The molecule has 714 valence electrons. The molecule has 0 saturated carbocycles. The van der Waals surface area contributed by atoms with E-state index >= 15 is 0 Å². The number of esters is 3. The number of carbonyl (C=O) groups excluding carboxylic acids is 3. The first-order valence-corrected chi connectivity index (χ1v) is 47.5. The number of alkyl halides is 1. The maximum absolute atomic E-state index is 11.3. The number of nitrogens with zero attached hydrogens (tertiary/aromatic N) is 12. The van der Waals surface area contributed by atoms with Crippen LogP contribution >= 0.6 is 80.6 Å². The van der Waals surface area contributed by atoms with Crippen molar-refractivity contribution in [2.75, 3.05) is 27.2 Å². The molecule has 0 aliphatic rings. The third-order valence-corrected chi connectivity index (χ3v) is 28.5. The first kappa shape index (κ1) is 142. The molecule has 0 amide bonds. The molecule has 0 radical (unpaired) electrons. The SMILES string of the molecule is C.C.CC(O)(C[n+]1ccn(CC(O)(P(=O)(O)O)P(=O)(O)O)c1)P(=O)(O)O.COC(=O)CCl.COC(=O)Cn1cc[n+](CC(=O)OC)c1.C[Si](C)(C)n1ccnc1.O.O=C(O)C[n+]1ccn(CC(O)(P(=O)(O)O)P(=O)(O)O)c1.O=C(O)Cn1cc[n+](CC(=O)O)c1.O=P([O-])(O)C(O)Cn1cc[n+](CC(O)(P(=O)([O-])[O-])P(=O)([O-])O)c1.O=[P+]([O-])[O-].[Cl-].[Cl-].[Cl-].[Cl-].[Na+].[OH-]. The van der Waals surface area contributed by atoms with E-state index < -0.39 is 167 Å². The Hall–Kier alpha value is -4.31. The Labute approximate surface area is 750 Å². The maximum atomic E-state index is 11.3. The fraction of sp³-hybridized carbons (Fsp3) is 0.510. The van der Waals surface area contributed by atoms with Gasteiger partial charge in [0.15, 0.2) is 67.1 Å². The predicted octanol–water partition coefficient (Wildman–Crippen LogP) is -26.0. The largest absolute Gasteiger partial charge is 1.00 e. The summed E-state index contributed by atoms with van der Waals surface area (Å²) in [6.07, 6.45) is 24.4. The van der Waals surface area contributed by atoms with Crippen LogP contribution in [0.15, 0.2) is 112 Å². The fourth-order valence-electron chi connectivity index (χ4n) is 7.25. The maximum Gasteiger partial charge on any atom is 1.00 e. The number of methoxy groups -OCH3 is 3. The number of halogens is 5. The molecule has 6 aromatic heterocycles. The molecule has 0 aliphatic carbocycles. The summed E-state index contributed by atoms with van der Waals surface area (Å²) in [5.41, 5.74) is 0. The van der Waals surface area contributed by atoms with Crippen molar-refractivity contribution < 1.29 is 326 Å². The van der Waals surface area contributed by atoms with Gasteiger partial charge in [0.1, 0.15) is 101 Å². The number of ether oxygens (including phenoxy) is 3. The Morgan fingerprint density at radius 2 is 0.813 bits per heavy atom. The Balaban J connectivity index is -0.000000133. The van der Waals surface area contributed by atoms with Gasteiger partial charge in [-0.25, -0.2) is 74.6 Å². The number of aliphatic hydroxyl groups is 5. The first-order chi connectivity index (χ1) is 51.2. The molecule has 123 heavy (non-hydrogen) atoms. The van der Waals surface area contributed by atoms with E-state index in [4.69, 9.17) is 105 Å². The van der Waals surface area contributed by atoms with Crippen molar-refractivity contribution >= 4 is 125 Å². The second kappa shape index (κ2) is 59.8. The van der Waals surface area contributed by atoms with E-state index in [-0.39, 0.29) is 149 Å². The zero-order chi connectivity index (χ0) is 89.8. The average Bonchev–Trinajstić information content (AvgIpc) is 1.74. The topological polar surface area (TPSA) is 950 Å². The van der Waals surface area contributed by atoms with E-state index in [0.717, 1.165) is 79.7 Å². The van der Waals surface area contributed by atoms with Crippen molar-refractivity contribution in [1.82, 2.24) is 32.1 Å². The molecule has 6 aromatic rings. The molecule has 5 atom stereocenters. The zero-order valence-electron chi connectivity index (χ0n) is 63.2. The second-order valence-corrected chi connectivity index (χ2v) is 44.8. The summed E-state index contributed by atoms with van der Waals surface area (Å²) in [7, 11) is -45.1. The number of aliphatic hydroxyl groups excluding tert-OH is 1. The molecule has 0 aromatic carbocycles. The van der Waals surface area contributed by atoms with Crippen molar-refractivity contribution in [3.8, 4) is 0 Å². The van der Waals surface area contributed by atoms with Crippen LogP contribution in [0.25, 0.3) is 0 Å². The van der Waals surface area contributed by atoms with Crippen molar-refractivity contribution in [2.45, 2.75) is 133 Å². The third-order valence-electron chi connectivity index (χ3n) is 13.2. The van der Waals surface area contributed by atoms with Crippen LogP contribution in [-0.4, -0.2) is 240 Å². The Morgan fingerprint density at radius 1 is 0.504 bits per heavy atom. The van der Waals surface area contributed by atoms with Gasteiger partial charge in [0.2, 0.25) is 37.0 Å². The van der Waals surface area contributed by atoms with Gasteiger partial charge in [0.05, 0.1) is 27.7 Å². The summed E-state index contributed by atoms with van der Waals surface area (Å²) < 4.78 is 124. The number of aliphatic carboxylic acids is 3. The van der Waals surface area contributed by atoms with Crippen LogP contribution in [0.4, 0.5) is 0 Å². The van der Waals surface area contributed by atoms with Gasteiger partial charge in [-0.2, -0.15) is 0 Å². The molecule has 0 fully saturated rings. The summed E-state index contributed by atoms with van der Waals surface area (Å²) in [4.78, 5) is 234. The third kappa shape index (κ3) is 51.6. The van der Waals surface area contributed by atoms with Gasteiger partial charge in [0.25, 0.3) is 8.25 Å². The molecule has 0 saturated heterocycles. The van der Waals surface area contributed by atoms with E-state index in [1.165, 1.54) is 55.4 Å². The molecule has 6 heterocycles. The van der Waals surface area contributed by atoms with Gasteiger partial charge in [-0.3, -0.25) is 27.6 Å². The number of carboxylic acid groups (broad SMARTS) is 3. The summed E-state index contributed by atoms with van der Waals surface area (Å²) in [5, 5.41) is 59.5. The van der Waals surface area contributed by atoms with Gasteiger partial charge >= 0.3 is 114 Å². The van der Waals surface area contributed by atoms with Crippen molar-refractivity contribution in [3.05, 3.63) is 112 Å². The molecule has 0 bridgehead atoms. The zero-order valence-corrected chi connectivity index (χ0v) is 78.0. The van der Waals surface area contributed by atoms with Crippen molar-refractivity contribution in [1.29, 1.82) is 0 Å². The van der Waals surface area contributed by atoms with Gasteiger partial charge in [-0.1, -0.05) is 39.1 Å². The molecule has 0 aliphatic heterocycles. The summed E-state index contributed by atoms with van der Waals surface area (Å²) in [6.45, 7) is 2.16.